The van der Waals surface area contributed by atoms with Gasteiger partial charge >= 0.3 is 5.97 Å². The molecule has 6 nitrogen and oxygen atoms in total. The van der Waals surface area contributed by atoms with Crippen molar-refractivity contribution in [2.24, 2.45) is 0 Å². The average molecular weight is 395 g/mol. The molecule has 1 fully saturated rings. The molecule has 4 N–H and O–H groups in total. The first-order valence-electron chi connectivity index (χ1n) is 9.98. The number of aliphatic carboxylic acids is 1. The topological polar surface area (TPSA) is 107 Å². The van der Waals surface area contributed by atoms with Gasteiger partial charge in [-0.3, -0.25) is 4.79 Å². The smallest absolute Gasteiger partial charge is 0.303 e. The second kappa shape index (κ2) is 14.3. The second-order valence-corrected chi connectivity index (χ2v) is 6.92. The van der Waals surface area contributed by atoms with Crippen molar-refractivity contribution in [3.63, 3.8) is 0 Å². The number of carboxylic acids is 1. The Morgan fingerprint density at radius 3 is 2.57 bits per heavy atom. The maximum Gasteiger partial charge on any atom is 0.303 e. The highest BCUT2D eigenvalue weighted by atomic mass is 16.5. The minimum Gasteiger partial charge on any atom is -0.481 e. The Bertz CT molecular complexity index is 551. The Kier molecular flexibility index (Phi) is 12.4. The number of rotatable bonds is 13. The maximum atomic E-state index is 10.5. The van der Waals surface area contributed by atoms with Gasteiger partial charge in [0.15, 0.2) is 0 Å². The number of aliphatic hydroxyl groups is 3. The molecule has 0 amide bonds. The van der Waals surface area contributed by atoms with E-state index >= 15 is 0 Å². The van der Waals surface area contributed by atoms with E-state index < -0.39 is 36.5 Å². The van der Waals surface area contributed by atoms with Crippen LogP contribution in [0.3, 0.4) is 0 Å². The standard InChI is InChI=1S/C22H34O6/c1-2-3-4-5-6-8-11-17(23)14-15-18(24)21-16-19(25)20(28-21)12-9-7-10-13-22(26)27/h3-4,6-9,14-15,17-21,23-25H,2,5,10-13,16H2,1H3,(H,26,27)/b4-3-,8-6-,9-7-,15-14+/t17-,18+,19+,20+,21+/m0/s1. The molecule has 0 bridgehead atoms. The summed E-state index contributed by atoms with van der Waals surface area (Å²) in [5.41, 5.74) is 0. The molecule has 0 aromatic carbocycles. The molecule has 28 heavy (non-hydrogen) atoms. The van der Waals surface area contributed by atoms with Gasteiger partial charge in [-0.1, -0.05) is 55.5 Å². The van der Waals surface area contributed by atoms with Crippen molar-refractivity contribution in [1.82, 2.24) is 0 Å². The highest BCUT2D eigenvalue weighted by Crippen LogP contribution is 2.26. The summed E-state index contributed by atoms with van der Waals surface area (Å²) in [6, 6.07) is 0. The van der Waals surface area contributed by atoms with Gasteiger partial charge in [-0.2, -0.15) is 0 Å². The minimum atomic E-state index is -0.901. The minimum absolute atomic E-state index is 0.0731. The first kappa shape index (κ1) is 24.3. The number of carbonyl (C=O) groups is 1. The molecule has 0 aromatic rings. The maximum absolute atomic E-state index is 10.5. The zero-order valence-electron chi connectivity index (χ0n) is 16.6. The SMILES string of the molecule is CC/C=C\C/C=C\C[C@H](O)/C=C/[C@@H](O)[C@H]1C[C@@H](O)[C@@H](C/C=C\CCC(=O)O)O1. The van der Waals surface area contributed by atoms with E-state index in [2.05, 4.69) is 19.1 Å². The number of allylic oxidation sites excluding steroid dienone is 4. The van der Waals surface area contributed by atoms with E-state index in [1.54, 1.807) is 18.2 Å². The number of ether oxygens (including phenoxy) is 1. The lowest BCUT2D eigenvalue weighted by Gasteiger charge is -2.16. The first-order chi connectivity index (χ1) is 13.4. The van der Waals surface area contributed by atoms with E-state index in [0.717, 1.165) is 12.8 Å². The quantitative estimate of drug-likeness (QED) is 0.358. The van der Waals surface area contributed by atoms with Crippen molar-refractivity contribution >= 4 is 5.97 Å². The molecule has 0 unspecified atom stereocenters. The zero-order chi connectivity index (χ0) is 20.8. The average Bonchev–Trinajstić information content (AvgIpc) is 3.03. The molecular weight excluding hydrogens is 360 g/mol. The predicted molar refractivity (Wildman–Crippen MR) is 109 cm³/mol. The van der Waals surface area contributed by atoms with Crippen LogP contribution in [0.5, 0.6) is 0 Å². The Labute approximate surface area is 167 Å². The molecule has 0 spiro atoms. The number of hydrogen-bond acceptors (Lipinski definition) is 5. The molecule has 1 rings (SSSR count). The Morgan fingerprint density at radius 2 is 1.86 bits per heavy atom. The highest BCUT2D eigenvalue weighted by Gasteiger charge is 2.36. The lowest BCUT2D eigenvalue weighted by atomic mass is 10.0. The summed E-state index contributed by atoms with van der Waals surface area (Å²) in [5.74, 6) is -0.845. The molecule has 5 atom stereocenters. The lowest BCUT2D eigenvalue weighted by molar-refractivity contribution is -0.136. The van der Waals surface area contributed by atoms with E-state index in [-0.39, 0.29) is 6.42 Å². The van der Waals surface area contributed by atoms with Crippen LogP contribution in [0.4, 0.5) is 0 Å². The second-order valence-electron chi connectivity index (χ2n) is 6.92. The van der Waals surface area contributed by atoms with Gasteiger partial charge in [0.05, 0.1) is 30.5 Å². The summed E-state index contributed by atoms with van der Waals surface area (Å²) in [6.45, 7) is 2.08. The van der Waals surface area contributed by atoms with E-state index in [9.17, 15) is 20.1 Å². The van der Waals surface area contributed by atoms with Crippen molar-refractivity contribution < 1.29 is 30.0 Å². The Hall–Kier alpha value is -1.73. The highest BCUT2D eigenvalue weighted by molar-refractivity contribution is 5.66. The predicted octanol–water partition coefficient (Wildman–Crippen LogP) is 2.90. The van der Waals surface area contributed by atoms with E-state index in [0.29, 0.717) is 25.7 Å². The molecule has 1 saturated heterocycles. The van der Waals surface area contributed by atoms with Crippen LogP contribution in [0.25, 0.3) is 0 Å². The summed E-state index contributed by atoms with van der Waals surface area (Å²) < 4.78 is 5.71. The largest absolute Gasteiger partial charge is 0.481 e. The molecule has 0 aliphatic carbocycles. The monoisotopic (exact) mass is 394 g/mol. The molecule has 1 aliphatic heterocycles. The van der Waals surface area contributed by atoms with Gasteiger partial charge in [0.2, 0.25) is 0 Å². The number of aliphatic hydroxyl groups excluding tert-OH is 3. The molecule has 0 saturated carbocycles. The van der Waals surface area contributed by atoms with Crippen LogP contribution in [0.15, 0.2) is 48.6 Å². The fraction of sp³-hybridized carbons (Fsp3) is 0.591. The van der Waals surface area contributed by atoms with Crippen LogP contribution in [-0.2, 0) is 9.53 Å². The van der Waals surface area contributed by atoms with Crippen molar-refractivity contribution in [1.29, 1.82) is 0 Å². The molecule has 158 valence electrons. The number of carboxylic acid groups (broad SMARTS) is 1. The normalized spacial score (nSPS) is 25.5. The van der Waals surface area contributed by atoms with E-state index in [4.69, 9.17) is 9.84 Å². The third-order valence-corrected chi connectivity index (χ3v) is 4.44. The Morgan fingerprint density at radius 1 is 1.11 bits per heavy atom. The molecule has 0 radical (unpaired) electrons. The van der Waals surface area contributed by atoms with Crippen LogP contribution < -0.4 is 0 Å². The van der Waals surface area contributed by atoms with Crippen LogP contribution in [0, 0.1) is 0 Å². The Balaban J connectivity index is 2.33. The molecule has 6 heteroatoms. The third-order valence-electron chi connectivity index (χ3n) is 4.44. The summed E-state index contributed by atoms with van der Waals surface area (Å²) in [5, 5.41) is 38.8. The molecule has 1 heterocycles. The van der Waals surface area contributed by atoms with Crippen LogP contribution >= 0.6 is 0 Å². The van der Waals surface area contributed by atoms with Crippen LogP contribution in [0.1, 0.15) is 51.9 Å². The van der Waals surface area contributed by atoms with Crippen molar-refractivity contribution in [3.05, 3.63) is 48.6 Å². The van der Waals surface area contributed by atoms with E-state index in [1.165, 1.54) is 6.08 Å². The molecular formula is C22H34O6. The van der Waals surface area contributed by atoms with Gasteiger partial charge in [0.1, 0.15) is 0 Å². The fourth-order valence-electron chi connectivity index (χ4n) is 2.87. The van der Waals surface area contributed by atoms with Crippen molar-refractivity contribution in [3.8, 4) is 0 Å². The van der Waals surface area contributed by atoms with E-state index in [1.807, 2.05) is 12.2 Å². The van der Waals surface area contributed by atoms with Crippen LogP contribution in [-0.4, -0.2) is 56.9 Å². The molecule has 1 aliphatic rings. The van der Waals surface area contributed by atoms with Gasteiger partial charge < -0.3 is 25.2 Å². The van der Waals surface area contributed by atoms with Crippen molar-refractivity contribution in [2.45, 2.75) is 82.4 Å². The summed E-state index contributed by atoms with van der Waals surface area (Å²) in [7, 11) is 0. The summed E-state index contributed by atoms with van der Waals surface area (Å²) >= 11 is 0. The number of hydrogen-bond donors (Lipinski definition) is 4. The van der Waals surface area contributed by atoms with Gasteiger partial charge in [-0.15, -0.1) is 0 Å². The summed E-state index contributed by atoms with van der Waals surface area (Å²) in [6.07, 6.45) is 15.1. The van der Waals surface area contributed by atoms with Crippen LogP contribution in [0.2, 0.25) is 0 Å². The first-order valence-corrected chi connectivity index (χ1v) is 9.98. The third kappa shape index (κ3) is 10.6. The van der Waals surface area contributed by atoms with Gasteiger partial charge in [-0.05, 0) is 32.1 Å². The van der Waals surface area contributed by atoms with Gasteiger partial charge in [0, 0.05) is 12.8 Å². The van der Waals surface area contributed by atoms with Gasteiger partial charge in [-0.25, -0.2) is 0 Å². The summed E-state index contributed by atoms with van der Waals surface area (Å²) in [4.78, 5) is 10.5. The zero-order valence-corrected chi connectivity index (χ0v) is 16.6. The molecule has 0 aromatic heterocycles. The fourth-order valence-corrected chi connectivity index (χ4v) is 2.87. The van der Waals surface area contributed by atoms with Crippen molar-refractivity contribution in [2.75, 3.05) is 0 Å². The lowest BCUT2D eigenvalue weighted by Crippen LogP contribution is -2.24. The van der Waals surface area contributed by atoms with Gasteiger partial charge in [0.25, 0.3) is 0 Å².